The SMILES string of the molecule is Cc1cc(N2C(=O)N(c3ccc(-c4ccncc4)cc3)C(C)(C)C2=O)ccc1C#N. The predicted octanol–water partition coefficient (Wildman–Crippen LogP) is 4.68. The second kappa shape index (κ2) is 7.12. The van der Waals surface area contributed by atoms with Gasteiger partial charge in [0.05, 0.1) is 17.3 Å². The fourth-order valence-electron chi connectivity index (χ4n) is 3.72. The third-order valence-electron chi connectivity index (χ3n) is 5.40. The molecule has 0 bridgehead atoms. The van der Waals surface area contributed by atoms with E-state index in [1.54, 1.807) is 51.4 Å². The fraction of sp³-hybridized carbons (Fsp3) is 0.167. The Labute approximate surface area is 175 Å². The highest BCUT2D eigenvalue weighted by molar-refractivity contribution is 6.30. The van der Waals surface area contributed by atoms with E-state index in [1.165, 1.54) is 9.80 Å². The van der Waals surface area contributed by atoms with Crippen molar-refractivity contribution in [3.8, 4) is 17.2 Å². The molecule has 1 aliphatic heterocycles. The maximum Gasteiger partial charge on any atom is 0.336 e. The molecule has 3 amide bonds. The summed E-state index contributed by atoms with van der Waals surface area (Å²) >= 11 is 0. The van der Waals surface area contributed by atoms with E-state index in [0.717, 1.165) is 11.1 Å². The Morgan fingerprint density at radius 3 is 2.10 bits per heavy atom. The highest BCUT2D eigenvalue weighted by Gasteiger charge is 2.52. The van der Waals surface area contributed by atoms with Crippen molar-refractivity contribution in [3.63, 3.8) is 0 Å². The third-order valence-corrected chi connectivity index (χ3v) is 5.40. The number of benzene rings is 2. The van der Waals surface area contributed by atoms with E-state index in [2.05, 4.69) is 11.1 Å². The van der Waals surface area contributed by atoms with Crippen LogP contribution in [0.5, 0.6) is 0 Å². The molecule has 4 rings (SSSR count). The first kappa shape index (κ1) is 19.3. The number of rotatable bonds is 3. The van der Waals surface area contributed by atoms with Crippen LogP contribution in [0.25, 0.3) is 11.1 Å². The van der Waals surface area contributed by atoms with Gasteiger partial charge in [0.1, 0.15) is 5.54 Å². The van der Waals surface area contributed by atoms with Gasteiger partial charge in [-0.2, -0.15) is 5.26 Å². The number of anilines is 2. The van der Waals surface area contributed by atoms with Crippen molar-refractivity contribution in [1.29, 1.82) is 5.26 Å². The summed E-state index contributed by atoms with van der Waals surface area (Å²) < 4.78 is 0. The molecule has 148 valence electrons. The highest BCUT2D eigenvalue weighted by Crippen LogP contribution is 2.37. The Morgan fingerprint density at radius 1 is 0.900 bits per heavy atom. The molecular weight excluding hydrogens is 376 g/mol. The number of carbonyl (C=O) groups excluding carboxylic acids is 2. The fourth-order valence-corrected chi connectivity index (χ4v) is 3.72. The molecule has 2 heterocycles. The minimum Gasteiger partial charge on any atom is -0.279 e. The number of hydrogen-bond acceptors (Lipinski definition) is 4. The minimum atomic E-state index is -1.04. The Hall–Kier alpha value is -3.98. The average Bonchev–Trinajstić information content (AvgIpc) is 2.92. The van der Waals surface area contributed by atoms with Crippen molar-refractivity contribution in [2.45, 2.75) is 26.3 Å². The first-order chi connectivity index (χ1) is 14.3. The molecule has 0 aliphatic carbocycles. The van der Waals surface area contributed by atoms with E-state index in [1.807, 2.05) is 36.4 Å². The van der Waals surface area contributed by atoms with Crippen LogP contribution in [-0.4, -0.2) is 22.5 Å². The average molecular weight is 396 g/mol. The van der Waals surface area contributed by atoms with E-state index >= 15 is 0 Å². The van der Waals surface area contributed by atoms with Crippen LogP contribution in [0.15, 0.2) is 67.0 Å². The van der Waals surface area contributed by atoms with Gasteiger partial charge in [0.15, 0.2) is 0 Å². The number of urea groups is 1. The Balaban J connectivity index is 1.71. The van der Waals surface area contributed by atoms with E-state index < -0.39 is 11.6 Å². The van der Waals surface area contributed by atoms with Gasteiger partial charge in [0, 0.05) is 18.1 Å². The van der Waals surface area contributed by atoms with E-state index in [-0.39, 0.29) is 5.91 Å². The summed E-state index contributed by atoms with van der Waals surface area (Å²) in [6, 6.07) is 18.0. The van der Waals surface area contributed by atoms with Gasteiger partial charge in [-0.3, -0.25) is 14.7 Å². The van der Waals surface area contributed by atoms with Gasteiger partial charge in [-0.15, -0.1) is 0 Å². The standard InChI is InChI=1S/C24H20N4O2/c1-16-14-21(9-6-19(16)15-25)27-22(29)24(2,3)28(23(27)30)20-7-4-17(5-8-20)18-10-12-26-13-11-18/h4-14H,1-3H3. The Kier molecular flexibility index (Phi) is 4.59. The summed E-state index contributed by atoms with van der Waals surface area (Å²) in [7, 11) is 0. The van der Waals surface area contributed by atoms with Gasteiger partial charge in [-0.05, 0) is 79.9 Å². The van der Waals surface area contributed by atoms with Crippen LogP contribution < -0.4 is 9.80 Å². The Morgan fingerprint density at radius 2 is 1.50 bits per heavy atom. The lowest BCUT2D eigenvalue weighted by Gasteiger charge is -2.27. The zero-order chi connectivity index (χ0) is 21.5. The molecule has 0 saturated carbocycles. The number of nitriles is 1. The molecule has 1 aliphatic rings. The molecule has 30 heavy (non-hydrogen) atoms. The molecule has 3 aromatic rings. The molecule has 0 N–H and O–H groups in total. The molecule has 2 aromatic carbocycles. The van der Waals surface area contributed by atoms with Crippen LogP contribution in [0.3, 0.4) is 0 Å². The van der Waals surface area contributed by atoms with Crippen LogP contribution in [-0.2, 0) is 4.79 Å². The molecule has 1 saturated heterocycles. The summed E-state index contributed by atoms with van der Waals surface area (Å²) in [5, 5.41) is 9.15. The van der Waals surface area contributed by atoms with Gasteiger partial charge in [-0.1, -0.05) is 12.1 Å². The lowest BCUT2D eigenvalue weighted by molar-refractivity contribution is -0.120. The smallest absolute Gasteiger partial charge is 0.279 e. The minimum absolute atomic E-state index is 0.310. The number of hydrogen-bond donors (Lipinski definition) is 0. The van der Waals surface area contributed by atoms with Crippen LogP contribution in [0, 0.1) is 18.3 Å². The van der Waals surface area contributed by atoms with Crippen LogP contribution >= 0.6 is 0 Å². The number of aromatic nitrogens is 1. The zero-order valence-electron chi connectivity index (χ0n) is 17.0. The van der Waals surface area contributed by atoms with Gasteiger partial charge in [-0.25, -0.2) is 9.69 Å². The molecule has 6 heteroatoms. The van der Waals surface area contributed by atoms with Gasteiger partial charge >= 0.3 is 6.03 Å². The van der Waals surface area contributed by atoms with E-state index in [9.17, 15) is 9.59 Å². The molecule has 0 unspecified atom stereocenters. The van der Waals surface area contributed by atoms with Gasteiger partial charge < -0.3 is 0 Å². The molecule has 1 fully saturated rings. The van der Waals surface area contributed by atoms with Crippen molar-refractivity contribution in [2.75, 3.05) is 9.80 Å². The monoisotopic (exact) mass is 396 g/mol. The first-order valence-corrected chi connectivity index (χ1v) is 9.54. The van der Waals surface area contributed by atoms with E-state index in [4.69, 9.17) is 5.26 Å². The number of imide groups is 1. The lowest BCUT2D eigenvalue weighted by atomic mass is 10.0. The molecule has 0 spiro atoms. The molecule has 0 radical (unpaired) electrons. The van der Waals surface area contributed by atoms with Crippen molar-refractivity contribution in [3.05, 3.63) is 78.1 Å². The highest BCUT2D eigenvalue weighted by atomic mass is 16.2. The van der Waals surface area contributed by atoms with Crippen molar-refractivity contribution < 1.29 is 9.59 Å². The van der Waals surface area contributed by atoms with Crippen molar-refractivity contribution in [1.82, 2.24) is 4.98 Å². The number of carbonyl (C=O) groups is 2. The largest absolute Gasteiger partial charge is 0.336 e. The summed E-state index contributed by atoms with van der Waals surface area (Å²) in [6.45, 7) is 5.26. The van der Waals surface area contributed by atoms with Gasteiger partial charge in [0.2, 0.25) is 0 Å². The maximum absolute atomic E-state index is 13.3. The second-order valence-electron chi connectivity index (χ2n) is 7.71. The van der Waals surface area contributed by atoms with Crippen LogP contribution in [0.1, 0.15) is 25.0 Å². The normalized spacial score (nSPS) is 15.4. The zero-order valence-corrected chi connectivity index (χ0v) is 17.0. The third kappa shape index (κ3) is 3.01. The summed E-state index contributed by atoms with van der Waals surface area (Å²) in [5.41, 5.74) is 3.31. The summed E-state index contributed by atoms with van der Waals surface area (Å²) in [4.78, 5) is 33.2. The topological polar surface area (TPSA) is 77.3 Å². The summed E-state index contributed by atoms with van der Waals surface area (Å²) in [5.74, 6) is -0.310. The predicted molar refractivity (Wildman–Crippen MR) is 115 cm³/mol. The quantitative estimate of drug-likeness (QED) is 0.602. The first-order valence-electron chi connectivity index (χ1n) is 9.54. The second-order valence-corrected chi connectivity index (χ2v) is 7.71. The molecule has 0 atom stereocenters. The number of amides is 3. The lowest BCUT2D eigenvalue weighted by Crippen LogP contribution is -2.44. The maximum atomic E-state index is 13.3. The molecule has 1 aromatic heterocycles. The Bertz CT molecular complexity index is 1180. The summed E-state index contributed by atoms with van der Waals surface area (Å²) in [6.07, 6.45) is 3.46. The van der Waals surface area contributed by atoms with E-state index in [0.29, 0.717) is 22.5 Å². The molecule has 6 nitrogen and oxygen atoms in total. The number of nitrogens with zero attached hydrogens (tertiary/aromatic N) is 4. The van der Waals surface area contributed by atoms with Crippen molar-refractivity contribution >= 4 is 23.3 Å². The number of pyridine rings is 1. The van der Waals surface area contributed by atoms with Crippen LogP contribution in [0.2, 0.25) is 0 Å². The molecular formula is C24H20N4O2. The van der Waals surface area contributed by atoms with Crippen LogP contribution in [0.4, 0.5) is 16.2 Å². The number of aryl methyl sites for hydroxylation is 1. The van der Waals surface area contributed by atoms with Crippen molar-refractivity contribution in [2.24, 2.45) is 0 Å². The van der Waals surface area contributed by atoms with Gasteiger partial charge in [0.25, 0.3) is 5.91 Å².